The van der Waals surface area contributed by atoms with E-state index in [2.05, 4.69) is 0 Å². The molecule has 2 rings (SSSR count). The van der Waals surface area contributed by atoms with Gasteiger partial charge < -0.3 is 5.11 Å². The zero-order valence-corrected chi connectivity index (χ0v) is 5.13. The first-order valence-corrected chi connectivity index (χ1v) is 3.24. The second-order valence-electron chi connectivity index (χ2n) is 2.86. The predicted molar refractivity (Wildman–Crippen MR) is 31.2 cm³/mol. The van der Waals surface area contributed by atoms with Gasteiger partial charge in [-0.2, -0.15) is 0 Å². The molecule has 0 spiro atoms. The molecule has 2 heterocycles. The zero-order chi connectivity index (χ0) is 6.48. The van der Waals surface area contributed by atoms with Crippen molar-refractivity contribution >= 4 is 5.97 Å². The molecule has 0 radical (unpaired) electrons. The Labute approximate surface area is 53.3 Å². The molecule has 2 saturated heterocycles. The summed E-state index contributed by atoms with van der Waals surface area (Å²) >= 11 is 0. The lowest BCUT2D eigenvalue weighted by Crippen LogP contribution is -2.24. The zero-order valence-electron chi connectivity index (χ0n) is 5.13. The van der Waals surface area contributed by atoms with E-state index in [4.69, 9.17) is 5.11 Å². The highest BCUT2D eigenvalue weighted by Crippen LogP contribution is 2.42. The van der Waals surface area contributed by atoms with Crippen LogP contribution in [-0.4, -0.2) is 34.6 Å². The summed E-state index contributed by atoms with van der Waals surface area (Å²) in [6.45, 7) is 1.79. The van der Waals surface area contributed by atoms with E-state index in [1.54, 1.807) is 0 Å². The van der Waals surface area contributed by atoms with Crippen molar-refractivity contribution in [3.63, 3.8) is 0 Å². The highest BCUT2D eigenvalue weighted by atomic mass is 16.4. The van der Waals surface area contributed by atoms with Gasteiger partial charge in [0, 0.05) is 6.54 Å². The van der Waals surface area contributed by atoms with Gasteiger partial charge in [0.15, 0.2) is 0 Å². The maximum Gasteiger partial charge on any atom is 0.325 e. The number of carboxylic acid groups (broad SMARTS) is 1. The first-order valence-electron chi connectivity index (χ1n) is 3.24. The second kappa shape index (κ2) is 1.29. The van der Waals surface area contributed by atoms with E-state index in [0.717, 1.165) is 25.9 Å². The number of hydrogen-bond donors (Lipinski definition) is 1. The van der Waals surface area contributed by atoms with E-state index >= 15 is 0 Å². The molecule has 2 fully saturated rings. The van der Waals surface area contributed by atoms with Crippen molar-refractivity contribution in [1.29, 1.82) is 0 Å². The van der Waals surface area contributed by atoms with Gasteiger partial charge in [0.2, 0.25) is 0 Å². The summed E-state index contributed by atoms with van der Waals surface area (Å²) in [5.74, 6) is -0.625. The molecule has 50 valence electrons. The predicted octanol–water partition coefficient (Wildman–Crippen LogP) is -0.0808. The summed E-state index contributed by atoms with van der Waals surface area (Å²) in [4.78, 5) is 12.5. The summed E-state index contributed by atoms with van der Waals surface area (Å²) in [6, 6.07) is 0. The van der Waals surface area contributed by atoms with Gasteiger partial charge in [-0.1, -0.05) is 0 Å². The summed E-state index contributed by atoms with van der Waals surface area (Å²) in [5, 5.41) is 8.67. The van der Waals surface area contributed by atoms with E-state index in [-0.39, 0.29) is 5.54 Å². The van der Waals surface area contributed by atoms with Crippen LogP contribution >= 0.6 is 0 Å². The van der Waals surface area contributed by atoms with Crippen molar-refractivity contribution in [2.24, 2.45) is 0 Å². The van der Waals surface area contributed by atoms with Crippen LogP contribution in [0.1, 0.15) is 12.8 Å². The van der Waals surface area contributed by atoms with Crippen LogP contribution in [0.15, 0.2) is 0 Å². The summed E-state index contributed by atoms with van der Waals surface area (Å²) in [5.41, 5.74) is -0.389. The van der Waals surface area contributed by atoms with Crippen LogP contribution in [0.2, 0.25) is 0 Å². The number of rotatable bonds is 1. The molecule has 9 heavy (non-hydrogen) atoms. The number of carboxylic acids is 1. The Bertz CT molecular complexity index is 168. The number of piperidine rings is 1. The van der Waals surface area contributed by atoms with Crippen LogP contribution < -0.4 is 0 Å². The molecule has 3 heteroatoms. The van der Waals surface area contributed by atoms with Crippen molar-refractivity contribution in [2.75, 3.05) is 13.1 Å². The van der Waals surface area contributed by atoms with Gasteiger partial charge >= 0.3 is 5.97 Å². The first-order chi connectivity index (χ1) is 4.26. The Hall–Kier alpha value is -0.570. The fourth-order valence-electron chi connectivity index (χ4n) is 1.68. The molecule has 2 aliphatic rings. The maximum atomic E-state index is 10.5. The minimum Gasteiger partial charge on any atom is -0.480 e. The number of hydrogen-bond acceptors (Lipinski definition) is 2. The Morgan fingerprint density at radius 2 is 2.44 bits per heavy atom. The summed E-state index contributed by atoms with van der Waals surface area (Å²) in [6.07, 6.45) is 1.93. The summed E-state index contributed by atoms with van der Waals surface area (Å²) < 4.78 is 0. The van der Waals surface area contributed by atoms with Gasteiger partial charge in [-0.3, -0.25) is 9.69 Å². The molecular weight excluding hydrogens is 118 g/mol. The number of aliphatic carboxylic acids is 1. The van der Waals surface area contributed by atoms with Crippen molar-refractivity contribution in [2.45, 2.75) is 18.4 Å². The van der Waals surface area contributed by atoms with Crippen molar-refractivity contribution < 1.29 is 9.90 Å². The Morgan fingerprint density at radius 1 is 1.67 bits per heavy atom. The monoisotopic (exact) mass is 127 g/mol. The van der Waals surface area contributed by atoms with Crippen LogP contribution in [0.5, 0.6) is 0 Å². The van der Waals surface area contributed by atoms with Gasteiger partial charge in [-0.15, -0.1) is 0 Å². The Kier molecular flexibility index (Phi) is 0.750. The van der Waals surface area contributed by atoms with Crippen molar-refractivity contribution in [1.82, 2.24) is 4.90 Å². The van der Waals surface area contributed by atoms with Crippen LogP contribution in [0.3, 0.4) is 0 Å². The second-order valence-corrected chi connectivity index (χ2v) is 2.86. The molecule has 2 atom stereocenters. The largest absolute Gasteiger partial charge is 0.480 e. The molecule has 0 aromatic rings. The van der Waals surface area contributed by atoms with Gasteiger partial charge in [0.25, 0.3) is 0 Å². The Balaban J connectivity index is 2.19. The lowest BCUT2D eigenvalue weighted by atomic mass is 10.1. The molecule has 2 aliphatic heterocycles. The average molecular weight is 127 g/mol. The van der Waals surface area contributed by atoms with Gasteiger partial charge in [0.05, 0.1) is 0 Å². The highest BCUT2D eigenvalue weighted by molar-refractivity contribution is 5.83. The van der Waals surface area contributed by atoms with Crippen LogP contribution in [-0.2, 0) is 4.79 Å². The summed E-state index contributed by atoms with van der Waals surface area (Å²) in [7, 11) is 0. The van der Waals surface area contributed by atoms with Crippen LogP contribution in [0.25, 0.3) is 0 Å². The highest BCUT2D eigenvalue weighted by Gasteiger charge is 2.60. The van der Waals surface area contributed by atoms with E-state index in [0.29, 0.717) is 0 Å². The van der Waals surface area contributed by atoms with Gasteiger partial charge in [0.1, 0.15) is 5.54 Å². The number of nitrogens with zero attached hydrogens (tertiary/aromatic N) is 1. The van der Waals surface area contributed by atoms with Gasteiger partial charge in [-0.25, -0.2) is 0 Å². The fourth-order valence-corrected chi connectivity index (χ4v) is 1.68. The topological polar surface area (TPSA) is 40.3 Å². The lowest BCUT2D eigenvalue weighted by Gasteiger charge is -1.99. The molecule has 3 nitrogen and oxygen atoms in total. The molecular formula is C6H9NO2. The number of carbonyl (C=O) groups is 1. The third-order valence-electron chi connectivity index (χ3n) is 2.37. The molecule has 0 aromatic heterocycles. The van der Waals surface area contributed by atoms with Crippen LogP contribution in [0.4, 0.5) is 0 Å². The minimum absolute atomic E-state index is 0.389. The van der Waals surface area contributed by atoms with Crippen molar-refractivity contribution in [3.8, 4) is 0 Å². The first kappa shape index (κ1) is 5.23. The standard InChI is InChI=1S/C6H9NO2/c8-5(9)6-2-1-3-7(6)4-6/h1-4H2,(H,8,9). The SMILES string of the molecule is O=C(O)C12CCCN1C2. The van der Waals surface area contributed by atoms with E-state index in [1.807, 2.05) is 4.90 Å². The maximum absolute atomic E-state index is 10.5. The average Bonchev–Trinajstić information content (AvgIpc) is 2.38. The smallest absolute Gasteiger partial charge is 0.325 e. The van der Waals surface area contributed by atoms with Gasteiger partial charge in [-0.05, 0) is 19.4 Å². The molecule has 2 unspecified atom stereocenters. The number of fused-ring (bicyclic) bond motifs is 1. The van der Waals surface area contributed by atoms with E-state index in [9.17, 15) is 4.79 Å². The fraction of sp³-hybridized carbons (Fsp3) is 0.833. The third kappa shape index (κ3) is 0.477. The van der Waals surface area contributed by atoms with E-state index < -0.39 is 5.97 Å². The van der Waals surface area contributed by atoms with Crippen molar-refractivity contribution in [3.05, 3.63) is 0 Å². The van der Waals surface area contributed by atoms with E-state index in [1.165, 1.54) is 0 Å². The molecule has 1 N–H and O–H groups in total. The quantitative estimate of drug-likeness (QED) is 0.501. The lowest BCUT2D eigenvalue weighted by molar-refractivity contribution is -0.140. The minimum atomic E-state index is -0.625. The molecule has 0 bridgehead atoms. The third-order valence-corrected chi connectivity index (χ3v) is 2.37. The molecule has 0 saturated carbocycles. The Morgan fingerprint density at radius 3 is 2.67 bits per heavy atom. The molecule has 0 aromatic carbocycles. The molecule has 0 aliphatic carbocycles. The molecule has 0 amide bonds. The normalized spacial score (nSPS) is 46.4. The van der Waals surface area contributed by atoms with Crippen LogP contribution in [0, 0.1) is 0 Å².